The molecule has 0 aromatic heterocycles. The second-order valence-corrected chi connectivity index (χ2v) is 6.29. The molecule has 0 radical (unpaired) electrons. The summed E-state index contributed by atoms with van der Waals surface area (Å²) in [4.78, 5) is 0. The number of alkyl halides is 3. The third kappa shape index (κ3) is 5.82. The van der Waals surface area contributed by atoms with Crippen molar-refractivity contribution in [3.05, 3.63) is 0 Å². The van der Waals surface area contributed by atoms with Crippen LogP contribution in [0.4, 0.5) is 13.2 Å². The lowest BCUT2D eigenvalue weighted by atomic mass is 9.84. The second kappa shape index (κ2) is 6.60. The number of nitrogens with one attached hydrogen (secondary N) is 1. The summed E-state index contributed by atoms with van der Waals surface area (Å²) in [7, 11) is 0. The molecule has 1 saturated carbocycles. The third-order valence-corrected chi connectivity index (χ3v) is 3.97. The number of nitrogens with zero attached hydrogens (tertiary/aromatic N) is 1. The summed E-state index contributed by atoms with van der Waals surface area (Å²) >= 11 is 0. The maximum atomic E-state index is 12.5. The average Bonchev–Trinajstić information content (AvgIpc) is 2.34. The van der Waals surface area contributed by atoms with Gasteiger partial charge in [-0.25, -0.2) is 0 Å². The van der Waals surface area contributed by atoms with Gasteiger partial charge in [0, 0.05) is 19.0 Å². The molecule has 0 spiro atoms. The molecule has 110 valence electrons. The molecule has 0 amide bonds. The van der Waals surface area contributed by atoms with Crippen LogP contribution in [0.25, 0.3) is 0 Å². The molecule has 2 nitrogen and oxygen atoms in total. The first-order valence-corrected chi connectivity index (χ1v) is 6.92. The first-order chi connectivity index (χ1) is 8.74. The van der Waals surface area contributed by atoms with Crippen LogP contribution in [-0.2, 0) is 0 Å². The van der Waals surface area contributed by atoms with Gasteiger partial charge in [-0.1, -0.05) is 13.8 Å². The van der Waals surface area contributed by atoms with E-state index < -0.39 is 12.1 Å². The predicted molar refractivity (Wildman–Crippen MR) is 68.4 cm³/mol. The summed E-state index contributed by atoms with van der Waals surface area (Å²) in [6.07, 6.45) is -1.03. The van der Waals surface area contributed by atoms with E-state index in [4.69, 9.17) is 5.26 Å². The van der Waals surface area contributed by atoms with Crippen molar-refractivity contribution in [2.75, 3.05) is 6.54 Å². The highest BCUT2D eigenvalue weighted by molar-refractivity contribution is 4.84. The largest absolute Gasteiger partial charge is 0.391 e. The zero-order valence-electron chi connectivity index (χ0n) is 11.7. The van der Waals surface area contributed by atoms with E-state index in [2.05, 4.69) is 25.2 Å². The Morgan fingerprint density at radius 3 is 2.21 bits per heavy atom. The SMILES string of the molecule is CC(C)(CCC#N)CNC1CCC(C(F)(F)F)CC1. The highest BCUT2D eigenvalue weighted by Crippen LogP contribution is 2.37. The molecule has 1 N–H and O–H groups in total. The van der Waals surface area contributed by atoms with E-state index in [1.165, 1.54) is 0 Å². The average molecular weight is 276 g/mol. The molecule has 1 aliphatic carbocycles. The second-order valence-electron chi connectivity index (χ2n) is 6.29. The first-order valence-electron chi connectivity index (χ1n) is 6.92. The summed E-state index contributed by atoms with van der Waals surface area (Å²) in [5.41, 5.74) is 0.0244. The fourth-order valence-corrected chi connectivity index (χ4v) is 2.53. The van der Waals surface area contributed by atoms with E-state index in [0.717, 1.165) is 13.0 Å². The van der Waals surface area contributed by atoms with Crippen molar-refractivity contribution in [3.63, 3.8) is 0 Å². The normalized spacial score (nSPS) is 25.1. The maximum absolute atomic E-state index is 12.5. The van der Waals surface area contributed by atoms with E-state index >= 15 is 0 Å². The summed E-state index contributed by atoms with van der Waals surface area (Å²) < 4.78 is 37.6. The molecule has 1 fully saturated rings. The molecule has 0 heterocycles. The zero-order chi connectivity index (χ0) is 14.5. The van der Waals surface area contributed by atoms with Crippen molar-refractivity contribution in [2.45, 2.75) is 64.6 Å². The van der Waals surface area contributed by atoms with Crippen LogP contribution in [-0.4, -0.2) is 18.8 Å². The minimum absolute atomic E-state index is 0.0244. The Kier molecular flexibility index (Phi) is 5.66. The van der Waals surface area contributed by atoms with Gasteiger partial charge in [0.2, 0.25) is 0 Å². The van der Waals surface area contributed by atoms with Crippen LogP contribution >= 0.6 is 0 Å². The van der Waals surface area contributed by atoms with Crippen molar-refractivity contribution in [2.24, 2.45) is 11.3 Å². The quantitative estimate of drug-likeness (QED) is 0.823. The Bertz CT molecular complexity index is 310. The van der Waals surface area contributed by atoms with E-state index in [0.29, 0.717) is 19.3 Å². The smallest absolute Gasteiger partial charge is 0.313 e. The first kappa shape index (κ1) is 16.3. The molecule has 0 aromatic carbocycles. The Labute approximate surface area is 113 Å². The van der Waals surface area contributed by atoms with Crippen LogP contribution in [0.5, 0.6) is 0 Å². The number of halogens is 3. The summed E-state index contributed by atoms with van der Waals surface area (Å²) in [5, 5.41) is 11.9. The van der Waals surface area contributed by atoms with E-state index in [1.807, 2.05) is 0 Å². The molecule has 0 atom stereocenters. The van der Waals surface area contributed by atoms with Gasteiger partial charge in [0.1, 0.15) is 0 Å². The summed E-state index contributed by atoms with van der Waals surface area (Å²) in [5.74, 6) is -1.11. The Morgan fingerprint density at radius 2 is 1.74 bits per heavy atom. The lowest BCUT2D eigenvalue weighted by Crippen LogP contribution is -2.41. The van der Waals surface area contributed by atoms with Crippen molar-refractivity contribution < 1.29 is 13.2 Å². The van der Waals surface area contributed by atoms with Crippen molar-refractivity contribution in [1.29, 1.82) is 5.26 Å². The van der Waals surface area contributed by atoms with E-state index in [9.17, 15) is 13.2 Å². The Morgan fingerprint density at radius 1 is 1.16 bits per heavy atom. The summed E-state index contributed by atoms with van der Waals surface area (Å²) in [6.45, 7) is 4.92. The Balaban J connectivity index is 2.28. The molecule has 0 aliphatic heterocycles. The molecule has 0 bridgehead atoms. The van der Waals surface area contributed by atoms with Crippen LogP contribution in [0.15, 0.2) is 0 Å². The molecular formula is C14H23F3N2. The number of hydrogen-bond acceptors (Lipinski definition) is 2. The van der Waals surface area contributed by atoms with Crippen LogP contribution in [0.2, 0.25) is 0 Å². The molecule has 19 heavy (non-hydrogen) atoms. The Hall–Kier alpha value is -0.760. The molecule has 1 aliphatic rings. The van der Waals surface area contributed by atoms with Gasteiger partial charge in [0.15, 0.2) is 0 Å². The third-order valence-electron chi connectivity index (χ3n) is 3.97. The minimum Gasteiger partial charge on any atom is -0.313 e. The number of hydrogen-bond donors (Lipinski definition) is 1. The van der Waals surface area contributed by atoms with Gasteiger partial charge in [0.05, 0.1) is 12.0 Å². The monoisotopic (exact) mass is 276 g/mol. The highest BCUT2D eigenvalue weighted by atomic mass is 19.4. The van der Waals surface area contributed by atoms with Crippen molar-refractivity contribution >= 4 is 0 Å². The van der Waals surface area contributed by atoms with Crippen molar-refractivity contribution in [3.8, 4) is 6.07 Å². The molecular weight excluding hydrogens is 253 g/mol. The fourth-order valence-electron chi connectivity index (χ4n) is 2.53. The summed E-state index contributed by atoms with van der Waals surface area (Å²) in [6, 6.07) is 2.33. The van der Waals surface area contributed by atoms with Gasteiger partial charge in [-0.05, 0) is 37.5 Å². The zero-order valence-corrected chi connectivity index (χ0v) is 11.7. The topological polar surface area (TPSA) is 35.8 Å². The van der Waals surface area contributed by atoms with Gasteiger partial charge in [-0.3, -0.25) is 0 Å². The molecule has 0 unspecified atom stereocenters. The highest BCUT2D eigenvalue weighted by Gasteiger charge is 2.41. The lowest BCUT2D eigenvalue weighted by molar-refractivity contribution is -0.182. The lowest BCUT2D eigenvalue weighted by Gasteiger charge is -2.33. The molecule has 0 saturated heterocycles. The minimum atomic E-state index is -4.03. The van der Waals surface area contributed by atoms with Crippen molar-refractivity contribution in [1.82, 2.24) is 5.32 Å². The van der Waals surface area contributed by atoms with Gasteiger partial charge < -0.3 is 5.32 Å². The van der Waals surface area contributed by atoms with Crippen LogP contribution in [0.1, 0.15) is 52.4 Å². The van der Waals surface area contributed by atoms with Crippen LogP contribution < -0.4 is 5.32 Å². The number of nitriles is 1. The van der Waals surface area contributed by atoms with Gasteiger partial charge >= 0.3 is 6.18 Å². The fraction of sp³-hybridized carbons (Fsp3) is 0.929. The van der Waals surface area contributed by atoms with Crippen LogP contribution in [0.3, 0.4) is 0 Å². The predicted octanol–water partition coefficient (Wildman–Crippen LogP) is 4.03. The molecule has 0 aromatic rings. The van der Waals surface area contributed by atoms with Gasteiger partial charge in [-0.15, -0.1) is 0 Å². The van der Waals surface area contributed by atoms with Crippen LogP contribution in [0, 0.1) is 22.7 Å². The van der Waals surface area contributed by atoms with E-state index in [1.54, 1.807) is 0 Å². The van der Waals surface area contributed by atoms with Gasteiger partial charge in [0.25, 0.3) is 0 Å². The van der Waals surface area contributed by atoms with E-state index in [-0.39, 0.29) is 24.3 Å². The standard InChI is InChI=1S/C14H23F3N2/c1-13(2,8-3-9-18)10-19-12-6-4-11(5-7-12)14(15,16)17/h11-12,19H,3-8,10H2,1-2H3. The molecule has 1 rings (SSSR count). The maximum Gasteiger partial charge on any atom is 0.391 e. The number of rotatable bonds is 5. The molecule has 5 heteroatoms. The van der Waals surface area contributed by atoms with Gasteiger partial charge in [-0.2, -0.15) is 18.4 Å².